The number of rotatable bonds is 3. The van der Waals surface area contributed by atoms with Crippen molar-refractivity contribution in [1.29, 1.82) is 0 Å². The quantitative estimate of drug-likeness (QED) is 0.773. The summed E-state index contributed by atoms with van der Waals surface area (Å²) >= 11 is 1.59. The van der Waals surface area contributed by atoms with Crippen LogP contribution in [-0.2, 0) is 0 Å². The number of nitrogens with one attached hydrogen (secondary N) is 1. The van der Waals surface area contributed by atoms with Crippen LogP contribution in [0.15, 0.2) is 53.9 Å². The highest BCUT2D eigenvalue weighted by atomic mass is 32.1. The van der Waals surface area contributed by atoms with Crippen molar-refractivity contribution < 1.29 is 9.18 Å². The van der Waals surface area contributed by atoms with E-state index in [9.17, 15) is 9.18 Å². The normalized spacial score (nSPS) is 10.5. The van der Waals surface area contributed by atoms with Gasteiger partial charge in [-0.3, -0.25) is 4.79 Å². The van der Waals surface area contributed by atoms with Crippen molar-refractivity contribution in [2.24, 2.45) is 0 Å². The number of carbonyl (C=O) groups is 1. The Bertz CT molecular complexity index is 812. The Morgan fingerprint density at radius 3 is 2.50 bits per heavy atom. The van der Waals surface area contributed by atoms with Gasteiger partial charge in [-0.2, -0.15) is 0 Å². The minimum atomic E-state index is -0.533. The highest BCUT2D eigenvalue weighted by molar-refractivity contribution is 7.09. The van der Waals surface area contributed by atoms with Crippen molar-refractivity contribution in [3.05, 3.63) is 70.3 Å². The molecule has 0 aliphatic heterocycles. The lowest BCUT2D eigenvalue weighted by atomic mass is 10.1. The lowest BCUT2D eigenvalue weighted by Crippen LogP contribution is -2.13. The summed E-state index contributed by atoms with van der Waals surface area (Å²) in [5.74, 6) is -0.995. The molecule has 5 heteroatoms. The molecular formula is C17H13FN2OS. The van der Waals surface area contributed by atoms with Crippen LogP contribution in [0.3, 0.4) is 0 Å². The topological polar surface area (TPSA) is 42.0 Å². The largest absolute Gasteiger partial charge is 0.322 e. The summed E-state index contributed by atoms with van der Waals surface area (Å²) < 4.78 is 13.6. The first-order valence-corrected chi connectivity index (χ1v) is 7.60. The van der Waals surface area contributed by atoms with Crippen LogP contribution < -0.4 is 5.32 Å². The van der Waals surface area contributed by atoms with Crippen molar-refractivity contribution in [2.75, 3.05) is 5.32 Å². The van der Waals surface area contributed by atoms with Gasteiger partial charge in [-0.15, -0.1) is 11.3 Å². The van der Waals surface area contributed by atoms with Gasteiger partial charge in [0.1, 0.15) is 5.82 Å². The van der Waals surface area contributed by atoms with Crippen molar-refractivity contribution in [2.45, 2.75) is 6.92 Å². The number of anilines is 1. The number of aryl methyl sites for hydroxylation is 1. The second-order valence-corrected chi connectivity index (χ2v) is 5.83. The molecule has 0 radical (unpaired) electrons. The van der Waals surface area contributed by atoms with E-state index in [2.05, 4.69) is 10.3 Å². The molecule has 0 atom stereocenters. The van der Waals surface area contributed by atoms with Crippen molar-refractivity contribution in [1.82, 2.24) is 4.98 Å². The van der Waals surface area contributed by atoms with E-state index in [1.54, 1.807) is 35.6 Å². The van der Waals surface area contributed by atoms with Gasteiger partial charge >= 0.3 is 0 Å². The monoisotopic (exact) mass is 312 g/mol. The maximum absolute atomic E-state index is 13.6. The van der Waals surface area contributed by atoms with Crippen LogP contribution in [0.5, 0.6) is 0 Å². The van der Waals surface area contributed by atoms with Crippen LogP contribution in [0, 0.1) is 12.7 Å². The Kier molecular flexibility index (Phi) is 3.98. The Morgan fingerprint density at radius 2 is 1.86 bits per heavy atom. The highest BCUT2D eigenvalue weighted by Crippen LogP contribution is 2.23. The number of amides is 1. The molecule has 3 nitrogen and oxygen atoms in total. The number of carbonyl (C=O) groups excluding carboxylic acids is 1. The third-order valence-electron chi connectivity index (χ3n) is 3.18. The summed E-state index contributed by atoms with van der Waals surface area (Å²) in [6.45, 7) is 1.96. The van der Waals surface area contributed by atoms with Gasteiger partial charge in [-0.05, 0) is 31.2 Å². The van der Waals surface area contributed by atoms with Gasteiger partial charge in [-0.25, -0.2) is 9.37 Å². The number of hydrogen-bond acceptors (Lipinski definition) is 3. The number of aromatic nitrogens is 1. The standard InChI is InChI=1S/C17H13FN2OS/c1-11-19-16(10-22-11)12-6-8-13(9-7-12)20-17(21)14-4-2-3-5-15(14)18/h2-10H,1H3,(H,20,21). The molecule has 1 N–H and O–H groups in total. The van der Waals surface area contributed by atoms with Crippen LogP contribution in [0.2, 0.25) is 0 Å². The summed E-state index contributed by atoms with van der Waals surface area (Å²) in [5, 5.41) is 5.68. The molecule has 0 fully saturated rings. The fourth-order valence-corrected chi connectivity index (χ4v) is 2.69. The van der Waals surface area contributed by atoms with Gasteiger partial charge in [0, 0.05) is 16.6 Å². The average molecular weight is 312 g/mol. The van der Waals surface area contributed by atoms with Crippen molar-refractivity contribution >= 4 is 22.9 Å². The van der Waals surface area contributed by atoms with Crippen LogP contribution >= 0.6 is 11.3 Å². The highest BCUT2D eigenvalue weighted by Gasteiger charge is 2.11. The number of thiazole rings is 1. The second-order valence-electron chi connectivity index (χ2n) is 4.76. The first kappa shape index (κ1) is 14.4. The minimum absolute atomic E-state index is 0.0294. The fraction of sp³-hybridized carbons (Fsp3) is 0.0588. The van der Waals surface area contributed by atoms with Gasteiger partial charge in [0.15, 0.2) is 0 Å². The molecule has 0 bridgehead atoms. The third kappa shape index (κ3) is 3.04. The number of hydrogen-bond donors (Lipinski definition) is 1. The van der Waals surface area contributed by atoms with E-state index >= 15 is 0 Å². The predicted molar refractivity (Wildman–Crippen MR) is 86.6 cm³/mol. The molecule has 0 aliphatic carbocycles. The molecule has 0 spiro atoms. The molecule has 22 heavy (non-hydrogen) atoms. The van der Waals surface area contributed by atoms with Crippen molar-refractivity contribution in [3.63, 3.8) is 0 Å². The molecule has 3 aromatic rings. The van der Waals surface area contributed by atoms with Crippen LogP contribution in [-0.4, -0.2) is 10.9 Å². The smallest absolute Gasteiger partial charge is 0.258 e. The molecule has 0 saturated heterocycles. The summed E-state index contributed by atoms with van der Waals surface area (Å²) in [4.78, 5) is 16.4. The summed E-state index contributed by atoms with van der Waals surface area (Å²) in [6.07, 6.45) is 0. The Morgan fingerprint density at radius 1 is 1.14 bits per heavy atom. The minimum Gasteiger partial charge on any atom is -0.322 e. The zero-order valence-electron chi connectivity index (χ0n) is 11.8. The lowest BCUT2D eigenvalue weighted by Gasteiger charge is -2.06. The van der Waals surface area contributed by atoms with E-state index < -0.39 is 11.7 Å². The maximum atomic E-state index is 13.6. The molecule has 1 amide bonds. The summed E-state index contributed by atoms with van der Waals surface area (Å²) in [6, 6.07) is 13.2. The zero-order valence-corrected chi connectivity index (χ0v) is 12.7. The van der Waals surface area contributed by atoms with Crippen LogP contribution in [0.4, 0.5) is 10.1 Å². The first-order chi connectivity index (χ1) is 10.6. The predicted octanol–water partition coefficient (Wildman–Crippen LogP) is 4.51. The van der Waals surface area contributed by atoms with E-state index in [1.165, 1.54) is 12.1 Å². The molecular weight excluding hydrogens is 299 g/mol. The first-order valence-electron chi connectivity index (χ1n) is 6.72. The molecule has 1 heterocycles. The van der Waals surface area contributed by atoms with Gasteiger partial charge in [0.25, 0.3) is 5.91 Å². The Balaban J connectivity index is 1.76. The van der Waals surface area contributed by atoms with Gasteiger partial charge in [0.05, 0.1) is 16.3 Å². The zero-order chi connectivity index (χ0) is 15.5. The number of benzene rings is 2. The Hall–Kier alpha value is -2.53. The molecule has 0 saturated carbocycles. The van der Waals surface area contributed by atoms with E-state index in [0.29, 0.717) is 5.69 Å². The van der Waals surface area contributed by atoms with E-state index in [4.69, 9.17) is 0 Å². The fourth-order valence-electron chi connectivity index (χ4n) is 2.06. The van der Waals surface area contributed by atoms with E-state index in [0.717, 1.165) is 16.3 Å². The van der Waals surface area contributed by atoms with E-state index in [1.807, 2.05) is 24.4 Å². The second kappa shape index (κ2) is 6.07. The molecule has 0 aliphatic rings. The summed E-state index contributed by atoms with van der Waals surface area (Å²) in [7, 11) is 0. The van der Waals surface area contributed by atoms with Gasteiger partial charge in [-0.1, -0.05) is 24.3 Å². The molecule has 3 rings (SSSR count). The molecule has 2 aromatic carbocycles. The van der Waals surface area contributed by atoms with Crippen molar-refractivity contribution in [3.8, 4) is 11.3 Å². The molecule has 1 aromatic heterocycles. The number of halogens is 1. The van der Waals surface area contributed by atoms with Gasteiger partial charge < -0.3 is 5.32 Å². The average Bonchev–Trinajstić information content (AvgIpc) is 2.95. The van der Waals surface area contributed by atoms with Crippen LogP contribution in [0.25, 0.3) is 11.3 Å². The molecule has 0 unspecified atom stereocenters. The van der Waals surface area contributed by atoms with E-state index in [-0.39, 0.29) is 5.56 Å². The number of nitrogens with zero attached hydrogens (tertiary/aromatic N) is 1. The van der Waals surface area contributed by atoms with Crippen LogP contribution in [0.1, 0.15) is 15.4 Å². The maximum Gasteiger partial charge on any atom is 0.258 e. The molecule has 110 valence electrons. The SMILES string of the molecule is Cc1nc(-c2ccc(NC(=O)c3ccccc3F)cc2)cs1. The lowest BCUT2D eigenvalue weighted by molar-refractivity contribution is 0.102. The summed E-state index contributed by atoms with van der Waals surface area (Å²) in [5.41, 5.74) is 2.54. The van der Waals surface area contributed by atoms with Gasteiger partial charge in [0.2, 0.25) is 0 Å². The third-order valence-corrected chi connectivity index (χ3v) is 3.95. The Labute approximate surface area is 131 Å².